The van der Waals surface area contributed by atoms with Gasteiger partial charge in [0.2, 0.25) is 0 Å². The smallest absolute Gasteiger partial charge is 0.152 e. The van der Waals surface area contributed by atoms with Crippen LogP contribution in [0.5, 0.6) is 0 Å². The minimum Gasteiger partial charge on any atom is -0.377 e. The Morgan fingerprint density at radius 2 is 2.19 bits per heavy atom. The first-order valence-corrected chi connectivity index (χ1v) is 5.40. The van der Waals surface area contributed by atoms with Crippen molar-refractivity contribution < 1.29 is 0 Å². The Morgan fingerprint density at radius 3 is 2.81 bits per heavy atom. The second kappa shape index (κ2) is 4.53. The van der Waals surface area contributed by atoms with Crippen molar-refractivity contribution >= 4 is 17.3 Å². The molecule has 2 N–H and O–H groups in total. The number of nitrogens with zero attached hydrogens (tertiary/aromatic N) is 2. The van der Waals surface area contributed by atoms with Gasteiger partial charge in [-0.05, 0) is 25.5 Å². The summed E-state index contributed by atoms with van der Waals surface area (Å²) in [6.45, 7) is 4.58. The lowest BCUT2D eigenvalue weighted by molar-refractivity contribution is 1.04. The standard InChI is InChI=1S/C11H13ClN4/c1-7-3-4-13-11(12)10(7)15-6-9-5-14-8(2)16-9/h3-5,15H,6H2,1-2H3,(H,14,16). The maximum atomic E-state index is 6.00. The van der Waals surface area contributed by atoms with Gasteiger partial charge < -0.3 is 10.3 Å². The first-order chi connectivity index (χ1) is 7.66. The van der Waals surface area contributed by atoms with E-state index in [2.05, 4.69) is 20.3 Å². The fraction of sp³-hybridized carbons (Fsp3) is 0.273. The molecule has 0 aromatic carbocycles. The van der Waals surface area contributed by atoms with Gasteiger partial charge in [-0.1, -0.05) is 11.6 Å². The number of aromatic amines is 1. The van der Waals surface area contributed by atoms with Gasteiger partial charge in [0.05, 0.1) is 24.1 Å². The summed E-state index contributed by atoms with van der Waals surface area (Å²) in [5.74, 6) is 0.908. The molecular weight excluding hydrogens is 224 g/mol. The normalized spacial score (nSPS) is 10.4. The van der Waals surface area contributed by atoms with Crippen LogP contribution < -0.4 is 5.32 Å². The van der Waals surface area contributed by atoms with Crippen molar-refractivity contribution in [3.05, 3.63) is 40.7 Å². The summed E-state index contributed by atoms with van der Waals surface area (Å²) in [6.07, 6.45) is 3.51. The fourth-order valence-corrected chi connectivity index (χ4v) is 1.75. The Labute approximate surface area is 99.1 Å². The van der Waals surface area contributed by atoms with E-state index < -0.39 is 0 Å². The molecule has 0 aliphatic heterocycles. The lowest BCUT2D eigenvalue weighted by Crippen LogP contribution is -2.02. The molecule has 0 bridgehead atoms. The predicted molar refractivity (Wildman–Crippen MR) is 64.6 cm³/mol. The third-order valence-electron chi connectivity index (χ3n) is 2.32. The van der Waals surface area contributed by atoms with Gasteiger partial charge in [0, 0.05) is 6.20 Å². The average molecular weight is 237 g/mol. The Kier molecular flexibility index (Phi) is 3.10. The highest BCUT2D eigenvalue weighted by atomic mass is 35.5. The second-order valence-corrected chi connectivity index (χ2v) is 4.00. The number of aryl methyl sites for hydroxylation is 2. The minimum atomic E-state index is 0.497. The number of nitrogens with one attached hydrogen (secondary N) is 2. The molecule has 0 saturated carbocycles. The number of aromatic nitrogens is 3. The van der Waals surface area contributed by atoms with Gasteiger partial charge in [-0.2, -0.15) is 0 Å². The summed E-state index contributed by atoms with van der Waals surface area (Å²) >= 11 is 6.00. The van der Waals surface area contributed by atoms with E-state index in [0.717, 1.165) is 22.8 Å². The van der Waals surface area contributed by atoms with Crippen molar-refractivity contribution in [2.75, 3.05) is 5.32 Å². The zero-order chi connectivity index (χ0) is 11.5. The minimum absolute atomic E-state index is 0.497. The number of hydrogen-bond acceptors (Lipinski definition) is 3. The van der Waals surface area contributed by atoms with E-state index in [1.165, 1.54) is 0 Å². The van der Waals surface area contributed by atoms with E-state index >= 15 is 0 Å². The monoisotopic (exact) mass is 236 g/mol. The number of imidazole rings is 1. The van der Waals surface area contributed by atoms with E-state index in [1.807, 2.05) is 26.1 Å². The van der Waals surface area contributed by atoms with E-state index in [9.17, 15) is 0 Å². The fourth-order valence-electron chi connectivity index (χ4n) is 1.48. The lowest BCUT2D eigenvalue weighted by Gasteiger charge is -2.09. The number of H-pyrrole nitrogens is 1. The highest BCUT2D eigenvalue weighted by Crippen LogP contribution is 2.23. The molecule has 2 heterocycles. The Hall–Kier alpha value is -1.55. The molecule has 2 aromatic heterocycles. The molecule has 0 spiro atoms. The van der Waals surface area contributed by atoms with E-state index in [1.54, 1.807) is 6.20 Å². The zero-order valence-electron chi connectivity index (χ0n) is 9.21. The van der Waals surface area contributed by atoms with Crippen molar-refractivity contribution in [2.24, 2.45) is 0 Å². The lowest BCUT2D eigenvalue weighted by atomic mass is 10.2. The summed E-state index contributed by atoms with van der Waals surface area (Å²) in [5.41, 5.74) is 2.98. The van der Waals surface area contributed by atoms with Crippen LogP contribution in [0.2, 0.25) is 5.15 Å². The second-order valence-electron chi connectivity index (χ2n) is 3.64. The summed E-state index contributed by atoms with van der Waals surface area (Å²) in [7, 11) is 0. The molecule has 0 saturated heterocycles. The third-order valence-corrected chi connectivity index (χ3v) is 2.61. The van der Waals surface area contributed by atoms with Crippen LogP contribution in [0.3, 0.4) is 0 Å². The van der Waals surface area contributed by atoms with Crippen LogP contribution in [-0.2, 0) is 6.54 Å². The quantitative estimate of drug-likeness (QED) is 0.806. The predicted octanol–water partition coefficient (Wildman–Crippen LogP) is 2.69. The molecule has 5 heteroatoms. The van der Waals surface area contributed by atoms with Crippen LogP contribution in [0, 0.1) is 13.8 Å². The van der Waals surface area contributed by atoms with Crippen LogP contribution in [0.15, 0.2) is 18.5 Å². The molecule has 2 aromatic rings. The number of hydrogen-bond donors (Lipinski definition) is 2. The molecule has 4 nitrogen and oxygen atoms in total. The van der Waals surface area contributed by atoms with E-state index in [4.69, 9.17) is 11.6 Å². The van der Waals surface area contributed by atoms with Crippen LogP contribution in [0.25, 0.3) is 0 Å². The Balaban J connectivity index is 2.10. The highest BCUT2D eigenvalue weighted by molar-refractivity contribution is 6.32. The van der Waals surface area contributed by atoms with Gasteiger partial charge in [-0.15, -0.1) is 0 Å². The van der Waals surface area contributed by atoms with E-state index in [0.29, 0.717) is 11.7 Å². The van der Waals surface area contributed by atoms with Gasteiger partial charge in [0.25, 0.3) is 0 Å². The zero-order valence-corrected chi connectivity index (χ0v) is 9.97. The molecule has 0 aliphatic rings. The average Bonchev–Trinajstić information content (AvgIpc) is 2.63. The molecule has 16 heavy (non-hydrogen) atoms. The van der Waals surface area contributed by atoms with Crippen LogP contribution >= 0.6 is 11.6 Å². The summed E-state index contributed by atoms with van der Waals surface area (Å²) in [6, 6.07) is 1.92. The van der Waals surface area contributed by atoms with Crippen molar-refractivity contribution in [2.45, 2.75) is 20.4 Å². The first-order valence-electron chi connectivity index (χ1n) is 5.02. The molecule has 84 valence electrons. The Bertz CT molecular complexity index is 472. The molecule has 0 atom stereocenters. The van der Waals surface area contributed by atoms with Gasteiger partial charge in [-0.25, -0.2) is 9.97 Å². The van der Waals surface area contributed by atoms with Gasteiger partial charge in [0.15, 0.2) is 5.15 Å². The molecule has 2 rings (SSSR count). The van der Waals surface area contributed by atoms with Crippen molar-refractivity contribution in [1.29, 1.82) is 0 Å². The summed E-state index contributed by atoms with van der Waals surface area (Å²) in [4.78, 5) is 11.3. The topological polar surface area (TPSA) is 53.6 Å². The number of rotatable bonds is 3. The maximum absolute atomic E-state index is 6.00. The van der Waals surface area contributed by atoms with Crippen molar-refractivity contribution in [1.82, 2.24) is 15.0 Å². The van der Waals surface area contributed by atoms with Crippen LogP contribution in [0.4, 0.5) is 5.69 Å². The summed E-state index contributed by atoms with van der Waals surface area (Å²) < 4.78 is 0. The molecule has 0 fully saturated rings. The maximum Gasteiger partial charge on any atom is 0.152 e. The number of pyridine rings is 1. The molecule has 0 amide bonds. The molecule has 0 radical (unpaired) electrons. The first kappa shape index (κ1) is 11.0. The van der Waals surface area contributed by atoms with Crippen LogP contribution in [0.1, 0.15) is 17.1 Å². The molecule has 0 unspecified atom stereocenters. The number of halogens is 1. The summed E-state index contributed by atoms with van der Waals surface area (Å²) in [5, 5.41) is 3.74. The van der Waals surface area contributed by atoms with Crippen molar-refractivity contribution in [3.8, 4) is 0 Å². The molecular formula is C11H13ClN4. The largest absolute Gasteiger partial charge is 0.377 e. The SMILES string of the molecule is Cc1ncc(CNc2c(C)ccnc2Cl)[nH]1. The van der Waals surface area contributed by atoms with Gasteiger partial charge >= 0.3 is 0 Å². The van der Waals surface area contributed by atoms with Gasteiger partial charge in [0.1, 0.15) is 5.82 Å². The number of anilines is 1. The van der Waals surface area contributed by atoms with Crippen molar-refractivity contribution in [3.63, 3.8) is 0 Å². The highest BCUT2D eigenvalue weighted by Gasteiger charge is 2.04. The molecule has 0 aliphatic carbocycles. The van der Waals surface area contributed by atoms with Gasteiger partial charge in [-0.3, -0.25) is 0 Å². The van der Waals surface area contributed by atoms with Crippen LogP contribution in [-0.4, -0.2) is 15.0 Å². The third kappa shape index (κ3) is 2.33. The Morgan fingerprint density at radius 1 is 1.38 bits per heavy atom. The van der Waals surface area contributed by atoms with E-state index in [-0.39, 0.29) is 0 Å².